The predicted octanol–water partition coefficient (Wildman–Crippen LogP) is 2.89. The number of aliphatic hydroxyl groups is 1. The normalized spacial score (nSPS) is 11.6. The first-order valence-corrected chi connectivity index (χ1v) is 7.61. The van der Waals surface area contributed by atoms with E-state index in [1.165, 1.54) is 11.1 Å². The minimum Gasteiger partial charge on any atom is -0.384 e. The van der Waals surface area contributed by atoms with Crippen LogP contribution < -0.4 is 0 Å². The highest BCUT2D eigenvalue weighted by atomic mass is 16.3. The standard InChI is InChI=1S/C19H26N2O/c1-20(2)13-15-5-9-17(10-6-15)19(22)18-11-7-16(8-12-18)14-21(3)4/h5-12,19,22H,13-14H2,1-4H3. The Balaban J connectivity index is 2.08. The van der Waals surface area contributed by atoms with Crippen LogP contribution in [0.2, 0.25) is 0 Å². The second kappa shape index (κ2) is 7.54. The Morgan fingerprint density at radius 2 is 1.00 bits per heavy atom. The first-order valence-electron chi connectivity index (χ1n) is 7.61. The summed E-state index contributed by atoms with van der Waals surface area (Å²) in [6.45, 7) is 1.82. The minimum atomic E-state index is -0.568. The molecule has 0 bridgehead atoms. The summed E-state index contributed by atoms with van der Waals surface area (Å²) in [7, 11) is 8.21. The molecule has 1 N–H and O–H groups in total. The summed E-state index contributed by atoms with van der Waals surface area (Å²) in [6, 6.07) is 16.4. The van der Waals surface area contributed by atoms with Gasteiger partial charge in [0.1, 0.15) is 6.10 Å². The van der Waals surface area contributed by atoms with Gasteiger partial charge in [0, 0.05) is 13.1 Å². The van der Waals surface area contributed by atoms with E-state index in [4.69, 9.17) is 0 Å². The molecule has 0 aliphatic heterocycles. The van der Waals surface area contributed by atoms with E-state index in [-0.39, 0.29) is 0 Å². The number of hydrogen-bond donors (Lipinski definition) is 1. The smallest absolute Gasteiger partial charge is 0.104 e. The van der Waals surface area contributed by atoms with Gasteiger partial charge in [-0.15, -0.1) is 0 Å². The van der Waals surface area contributed by atoms with Crippen molar-refractivity contribution in [2.24, 2.45) is 0 Å². The van der Waals surface area contributed by atoms with Gasteiger partial charge in [-0.3, -0.25) is 0 Å². The van der Waals surface area contributed by atoms with Crippen molar-refractivity contribution in [2.75, 3.05) is 28.2 Å². The molecule has 2 rings (SSSR count). The van der Waals surface area contributed by atoms with Crippen LogP contribution in [0.3, 0.4) is 0 Å². The lowest BCUT2D eigenvalue weighted by Crippen LogP contribution is -2.11. The van der Waals surface area contributed by atoms with Crippen LogP contribution in [0.1, 0.15) is 28.4 Å². The molecule has 0 amide bonds. The Morgan fingerprint density at radius 1 is 0.682 bits per heavy atom. The van der Waals surface area contributed by atoms with Crippen LogP contribution in [0, 0.1) is 0 Å². The fourth-order valence-electron chi connectivity index (χ4n) is 2.53. The molecule has 3 heteroatoms. The summed E-state index contributed by atoms with van der Waals surface area (Å²) in [6.07, 6.45) is -0.568. The zero-order valence-electron chi connectivity index (χ0n) is 14.0. The first-order chi connectivity index (χ1) is 10.5. The third-order valence-electron chi connectivity index (χ3n) is 3.59. The van der Waals surface area contributed by atoms with Gasteiger partial charge in [0.2, 0.25) is 0 Å². The van der Waals surface area contributed by atoms with Crippen LogP contribution in [-0.4, -0.2) is 43.1 Å². The molecule has 0 aliphatic carbocycles. The molecule has 2 aromatic rings. The van der Waals surface area contributed by atoms with Crippen LogP contribution in [0.4, 0.5) is 0 Å². The summed E-state index contributed by atoms with van der Waals surface area (Å²) in [5.41, 5.74) is 4.37. The molecule has 22 heavy (non-hydrogen) atoms. The average Bonchev–Trinajstić information content (AvgIpc) is 2.47. The quantitative estimate of drug-likeness (QED) is 0.888. The monoisotopic (exact) mass is 298 g/mol. The third kappa shape index (κ3) is 4.67. The summed E-state index contributed by atoms with van der Waals surface area (Å²) in [5.74, 6) is 0. The van der Waals surface area contributed by atoms with Gasteiger partial charge in [0.05, 0.1) is 0 Å². The Hall–Kier alpha value is -1.68. The van der Waals surface area contributed by atoms with Crippen molar-refractivity contribution in [1.82, 2.24) is 9.80 Å². The fourth-order valence-corrected chi connectivity index (χ4v) is 2.53. The molecule has 0 saturated heterocycles. The molecule has 118 valence electrons. The molecular formula is C19H26N2O. The van der Waals surface area contributed by atoms with E-state index in [1.807, 2.05) is 24.3 Å². The Labute approximate surface area is 133 Å². The third-order valence-corrected chi connectivity index (χ3v) is 3.59. The van der Waals surface area contributed by atoms with Crippen LogP contribution in [0.15, 0.2) is 48.5 Å². The number of hydrogen-bond acceptors (Lipinski definition) is 3. The lowest BCUT2D eigenvalue weighted by Gasteiger charge is -2.15. The molecule has 2 aromatic carbocycles. The maximum absolute atomic E-state index is 10.5. The summed E-state index contributed by atoms with van der Waals surface area (Å²) in [5, 5.41) is 10.5. The molecule has 0 heterocycles. The second-order valence-corrected chi connectivity index (χ2v) is 6.36. The molecule has 0 unspecified atom stereocenters. The number of benzene rings is 2. The highest BCUT2D eigenvalue weighted by Gasteiger charge is 2.10. The molecule has 0 aromatic heterocycles. The number of aliphatic hydroxyl groups excluding tert-OH is 1. The molecule has 0 radical (unpaired) electrons. The van der Waals surface area contributed by atoms with Crippen LogP contribution in [0.5, 0.6) is 0 Å². The molecule has 0 atom stereocenters. The van der Waals surface area contributed by atoms with Crippen LogP contribution >= 0.6 is 0 Å². The zero-order valence-corrected chi connectivity index (χ0v) is 14.0. The molecule has 0 saturated carbocycles. The van der Waals surface area contributed by atoms with Gasteiger partial charge in [-0.2, -0.15) is 0 Å². The molecule has 3 nitrogen and oxygen atoms in total. The first kappa shape index (κ1) is 16.7. The fraction of sp³-hybridized carbons (Fsp3) is 0.368. The van der Waals surface area contributed by atoms with E-state index in [9.17, 15) is 5.11 Å². The SMILES string of the molecule is CN(C)Cc1ccc(C(O)c2ccc(CN(C)C)cc2)cc1. The van der Waals surface area contributed by atoms with Crippen molar-refractivity contribution >= 4 is 0 Å². The topological polar surface area (TPSA) is 26.7 Å². The zero-order chi connectivity index (χ0) is 16.1. The minimum absolute atomic E-state index is 0.568. The van der Waals surface area contributed by atoms with E-state index in [1.54, 1.807) is 0 Å². The van der Waals surface area contributed by atoms with E-state index in [0.29, 0.717) is 0 Å². The van der Waals surface area contributed by atoms with Crippen molar-refractivity contribution < 1.29 is 5.11 Å². The number of nitrogens with zero attached hydrogens (tertiary/aromatic N) is 2. The van der Waals surface area contributed by atoms with E-state index >= 15 is 0 Å². The van der Waals surface area contributed by atoms with E-state index in [0.717, 1.165) is 24.2 Å². The highest BCUT2D eigenvalue weighted by molar-refractivity contribution is 5.33. The van der Waals surface area contributed by atoms with E-state index < -0.39 is 6.10 Å². The van der Waals surface area contributed by atoms with Crippen molar-refractivity contribution in [2.45, 2.75) is 19.2 Å². The summed E-state index contributed by atoms with van der Waals surface area (Å²) < 4.78 is 0. The molecule has 0 fully saturated rings. The highest BCUT2D eigenvalue weighted by Crippen LogP contribution is 2.23. The van der Waals surface area contributed by atoms with Crippen molar-refractivity contribution in [3.05, 3.63) is 70.8 Å². The van der Waals surface area contributed by atoms with Crippen molar-refractivity contribution in [3.63, 3.8) is 0 Å². The second-order valence-electron chi connectivity index (χ2n) is 6.36. The van der Waals surface area contributed by atoms with Gasteiger partial charge in [0.15, 0.2) is 0 Å². The maximum Gasteiger partial charge on any atom is 0.104 e. The lowest BCUT2D eigenvalue weighted by atomic mass is 9.99. The van der Waals surface area contributed by atoms with Gasteiger partial charge in [-0.05, 0) is 50.4 Å². The predicted molar refractivity (Wildman–Crippen MR) is 91.7 cm³/mol. The Kier molecular flexibility index (Phi) is 5.72. The average molecular weight is 298 g/mol. The van der Waals surface area contributed by atoms with Crippen LogP contribution in [0.25, 0.3) is 0 Å². The van der Waals surface area contributed by atoms with Gasteiger partial charge >= 0.3 is 0 Å². The van der Waals surface area contributed by atoms with Gasteiger partial charge < -0.3 is 14.9 Å². The number of rotatable bonds is 6. The van der Waals surface area contributed by atoms with E-state index in [2.05, 4.69) is 62.3 Å². The summed E-state index contributed by atoms with van der Waals surface area (Å²) in [4.78, 5) is 4.27. The summed E-state index contributed by atoms with van der Waals surface area (Å²) >= 11 is 0. The largest absolute Gasteiger partial charge is 0.384 e. The lowest BCUT2D eigenvalue weighted by molar-refractivity contribution is 0.220. The van der Waals surface area contributed by atoms with Gasteiger partial charge in [-0.1, -0.05) is 48.5 Å². The Morgan fingerprint density at radius 3 is 1.27 bits per heavy atom. The van der Waals surface area contributed by atoms with Crippen molar-refractivity contribution in [3.8, 4) is 0 Å². The van der Waals surface area contributed by atoms with Gasteiger partial charge in [0.25, 0.3) is 0 Å². The molecule has 0 aliphatic rings. The molecule has 0 spiro atoms. The maximum atomic E-state index is 10.5. The molecular weight excluding hydrogens is 272 g/mol. The van der Waals surface area contributed by atoms with Gasteiger partial charge in [-0.25, -0.2) is 0 Å². The van der Waals surface area contributed by atoms with Crippen molar-refractivity contribution in [1.29, 1.82) is 0 Å². The Bertz CT molecular complexity index is 520. The van der Waals surface area contributed by atoms with Crippen LogP contribution in [-0.2, 0) is 13.1 Å².